The Kier molecular flexibility index (Phi) is 5.31. The fourth-order valence-corrected chi connectivity index (χ4v) is 2.12. The molecule has 0 aliphatic heterocycles. The van der Waals surface area contributed by atoms with E-state index in [-0.39, 0.29) is 5.78 Å². The lowest BCUT2D eigenvalue weighted by molar-refractivity contribution is 0.0600. The maximum Gasteiger partial charge on any atom is 0.338 e. The zero-order valence-corrected chi connectivity index (χ0v) is 13.4. The van der Waals surface area contributed by atoms with Crippen LogP contribution in [0.15, 0.2) is 54.6 Å². The average molecular weight is 309 g/mol. The summed E-state index contributed by atoms with van der Waals surface area (Å²) in [4.78, 5) is 25.9. The Morgan fingerprint density at radius 2 is 1.65 bits per heavy atom. The van der Waals surface area contributed by atoms with Crippen molar-refractivity contribution in [1.82, 2.24) is 0 Å². The van der Waals surface area contributed by atoms with Gasteiger partial charge in [0.2, 0.25) is 0 Å². The Labute approximate surface area is 136 Å². The number of nitrogens with zero attached hydrogens (tertiary/aromatic N) is 1. The third-order valence-electron chi connectivity index (χ3n) is 3.45. The highest BCUT2D eigenvalue weighted by molar-refractivity contribution is 6.07. The van der Waals surface area contributed by atoms with Crippen LogP contribution in [0.25, 0.3) is 6.08 Å². The Morgan fingerprint density at radius 1 is 1.00 bits per heavy atom. The first-order valence-corrected chi connectivity index (χ1v) is 7.20. The third kappa shape index (κ3) is 4.07. The number of allylic oxidation sites excluding steroid dienone is 1. The van der Waals surface area contributed by atoms with E-state index in [0.29, 0.717) is 16.7 Å². The Morgan fingerprint density at radius 3 is 2.26 bits per heavy atom. The van der Waals surface area contributed by atoms with E-state index in [1.54, 1.807) is 36.4 Å². The van der Waals surface area contributed by atoms with Gasteiger partial charge in [-0.05, 0) is 42.0 Å². The van der Waals surface area contributed by atoms with Gasteiger partial charge in [0.15, 0.2) is 5.78 Å². The van der Waals surface area contributed by atoms with Crippen molar-refractivity contribution in [3.8, 4) is 0 Å². The maximum atomic E-state index is 12.2. The van der Waals surface area contributed by atoms with E-state index in [9.17, 15) is 9.59 Å². The molecule has 0 bridgehead atoms. The van der Waals surface area contributed by atoms with Crippen LogP contribution in [0.4, 0.5) is 5.69 Å². The molecule has 2 aromatic carbocycles. The predicted molar refractivity (Wildman–Crippen MR) is 91.9 cm³/mol. The number of methoxy groups -OCH3 is 1. The summed E-state index contributed by atoms with van der Waals surface area (Å²) in [5.74, 6) is -0.539. The van der Waals surface area contributed by atoms with E-state index in [0.717, 1.165) is 5.69 Å². The van der Waals surface area contributed by atoms with Crippen molar-refractivity contribution < 1.29 is 14.3 Å². The molecule has 4 heteroatoms. The van der Waals surface area contributed by atoms with Crippen LogP contribution in [0.2, 0.25) is 0 Å². The molecule has 0 heterocycles. The van der Waals surface area contributed by atoms with Crippen molar-refractivity contribution in [2.24, 2.45) is 0 Å². The van der Waals surface area contributed by atoms with Crippen LogP contribution in [0.3, 0.4) is 0 Å². The lowest BCUT2D eigenvalue weighted by Gasteiger charge is -2.11. The molecule has 0 saturated heterocycles. The smallest absolute Gasteiger partial charge is 0.338 e. The zero-order valence-electron chi connectivity index (χ0n) is 13.4. The number of carbonyl (C=O) groups is 2. The fourth-order valence-electron chi connectivity index (χ4n) is 2.12. The molecule has 0 N–H and O–H groups in total. The molecule has 2 aromatic rings. The number of carbonyl (C=O) groups excluding carboxylic acids is 2. The summed E-state index contributed by atoms with van der Waals surface area (Å²) >= 11 is 0. The molecule has 0 radical (unpaired) electrons. The number of anilines is 1. The van der Waals surface area contributed by atoms with Crippen LogP contribution in [-0.2, 0) is 4.74 Å². The first-order chi connectivity index (χ1) is 11.0. The number of ether oxygens (including phenoxy) is 1. The summed E-state index contributed by atoms with van der Waals surface area (Å²) < 4.78 is 4.74. The largest absolute Gasteiger partial charge is 0.465 e. The molecule has 23 heavy (non-hydrogen) atoms. The van der Waals surface area contributed by atoms with Gasteiger partial charge < -0.3 is 9.64 Å². The number of ketones is 1. The molecule has 0 aromatic heterocycles. The molecule has 0 aliphatic carbocycles. The summed E-state index contributed by atoms with van der Waals surface area (Å²) in [5, 5.41) is 0. The topological polar surface area (TPSA) is 46.6 Å². The Hall–Kier alpha value is -2.88. The molecule has 0 saturated carbocycles. The van der Waals surface area contributed by atoms with Crippen molar-refractivity contribution in [2.75, 3.05) is 26.1 Å². The van der Waals surface area contributed by atoms with Gasteiger partial charge in [0.05, 0.1) is 12.7 Å². The Balaban J connectivity index is 2.20. The Bertz CT molecular complexity index is 731. The van der Waals surface area contributed by atoms with Crippen LogP contribution in [0.5, 0.6) is 0 Å². The highest BCUT2D eigenvalue weighted by Gasteiger charge is 2.09. The second kappa shape index (κ2) is 7.40. The molecule has 0 aliphatic rings. The summed E-state index contributed by atoms with van der Waals surface area (Å²) in [6.45, 7) is 0. The summed E-state index contributed by atoms with van der Waals surface area (Å²) in [6.07, 6.45) is 3.10. The van der Waals surface area contributed by atoms with Gasteiger partial charge in [-0.1, -0.05) is 24.3 Å². The summed E-state index contributed by atoms with van der Waals surface area (Å²) in [5.41, 5.74) is 2.71. The molecule has 0 atom stereocenters. The van der Waals surface area contributed by atoms with Gasteiger partial charge in [-0.3, -0.25) is 4.79 Å². The minimum atomic E-state index is -0.423. The van der Waals surface area contributed by atoms with Crippen LogP contribution in [0, 0.1) is 0 Å². The highest BCUT2D eigenvalue weighted by atomic mass is 16.5. The SMILES string of the molecule is COC(=O)c1ccccc1/C=C/C(=O)c1ccc(N(C)C)cc1. The molecule has 0 spiro atoms. The van der Waals surface area contributed by atoms with Crippen molar-refractivity contribution in [3.05, 3.63) is 71.3 Å². The van der Waals surface area contributed by atoms with Crippen LogP contribution < -0.4 is 4.90 Å². The molecule has 0 fully saturated rings. The van der Waals surface area contributed by atoms with Gasteiger partial charge in [0.1, 0.15) is 0 Å². The standard InChI is InChI=1S/C19H19NO3/c1-20(2)16-11-8-15(9-12-16)18(21)13-10-14-6-4-5-7-17(14)19(22)23-3/h4-13H,1-3H3/b13-10+. The second-order valence-electron chi connectivity index (χ2n) is 5.22. The van der Waals surface area contributed by atoms with Crippen molar-refractivity contribution in [3.63, 3.8) is 0 Å². The number of esters is 1. The van der Waals surface area contributed by atoms with Gasteiger partial charge in [-0.25, -0.2) is 4.79 Å². The van der Waals surface area contributed by atoms with E-state index >= 15 is 0 Å². The van der Waals surface area contributed by atoms with E-state index < -0.39 is 5.97 Å². The quantitative estimate of drug-likeness (QED) is 0.482. The monoisotopic (exact) mass is 309 g/mol. The first kappa shape index (κ1) is 16.5. The second-order valence-corrected chi connectivity index (χ2v) is 5.22. The van der Waals surface area contributed by atoms with Gasteiger partial charge in [-0.15, -0.1) is 0 Å². The van der Waals surface area contributed by atoms with E-state index in [1.165, 1.54) is 13.2 Å². The van der Waals surface area contributed by atoms with E-state index in [2.05, 4.69) is 0 Å². The number of hydrogen-bond acceptors (Lipinski definition) is 4. The molecule has 118 valence electrons. The molecular weight excluding hydrogens is 290 g/mol. The molecule has 2 rings (SSSR count). The predicted octanol–water partition coefficient (Wildman–Crippen LogP) is 3.44. The fraction of sp³-hybridized carbons (Fsp3) is 0.158. The minimum absolute atomic E-state index is 0.116. The molecular formula is C19H19NO3. The van der Waals surface area contributed by atoms with Crippen LogP contribution >= 0.6 is 0 Å². The highest BCUT2D eigenvalue weighted by Crippen LogP contribution is 2.15. The van der Waals surface area contributed by atoms with E-state index in [1.807, 2.05) is 37.2 Å². The van der Waals surface area contributed by atoms with Crippen molar-refractivity contribution >= 4 is 23.5 Å². The average Bonchev–Trinajstić information content (AvgIpc) is 2.59. The van der Waals surface area contributed by atoms with Gasteiger partial charge in [0, 0.05) is 25.3 Å². The zero-order chi connectivity index (χ0) is 16.8. The number of benzene rings is 2. The van der Waals surface area contributed by atoms with Crippen molar-refractivity contribution in [2.45, 2.75) is 0 Å². The van der Waals surface area contributed by atoms with Crippen LogP contribution in [0.1, 0.15) is 26.3 Å². The third-order valence-corrected chi connectivity index (χ3v) is 3.45. The van der Waals surface area contributed by atoms with Gasteiger partial charge in [-0.2, -0.15) is 0 Å². The summed E-state index contributed by atoms with van der Waals surface area (Å²) in [6, 6.07) is 14.4. The molecule has 4 nitrogen and oxygen atoms in total. The maximum absolute atomic E-state index is 12.2. The number of hydrogen-bond donors (Lipinski definition) is 0. The van der Waals surface area contributed by atoms with Gasteiger partial charge in [0.25, 0.3) is 0 Å². The van der Waals surface area contributed by atoms with Crippen LogP contribution in [-0.4, -0.2) is 33.0 Å². The van der Waals surface area contributed by atoms with Crippen molar-refractivity contribution in [1.29, 1.82) is 0 Å². The minimum Gasteiger partial charge on any atom is -0.465 e. The van der Waals surface area contributed by atoms with Gasteiger partial charge >= 0.3 is 5.97 Å². The molecule has 0 amide bonds. The number of rotatable bonds is 5. The normalized spacial score (nSPS) is 10.6. The first-order valence-electron chi connectivity index (χ1n) is 7.20. The lowest BCUT2D eigenvalue weighted by atomic mass is 10.0. The van der Waals surface area contributed by atoms with E-state index in [4.69, 9.17) is 4.74 Å². The lowest BCUT2D eigenvalue weighted by Crippen LogP contribution is -2.08. The molecule has 0 unspecified atom stereocenters. The summed E-state index contributed by atoms with van der Waals surface area (Å²) in [7, 11) is 5.22.